The number of nitrogens with zero attached hydrogens (tertiary/aromatic N) is 1. The van der Waals surface area contributed by atoms with E-state index in [0.717, 1.165) is 5.56 Å². The van der Waals surface area contributed by atoms with Gasteiger partial charge in [-0.15, -0.1) is 0 Å². The lowest BCUT2D eigenvalue weighted by molar-refractivity contribution is -0.158. The summed E-state index contributed by atoms with van der Waals surface area (Å²) in [4.78, 5) is 13.8. The minimum Gasteiger partial charge on any atom is -0.466 e. The van der Waals surface area contributed by atoms with Crippen molar-refractivity contribution < 1.29 is 22.7 Å². The molecule has 0 spiro atoms. The van der Waals surface area contributed by atoms with Gasteiger partial charge in [0.25, 0.3) is 5.92 Å². The third kappa shape index (κ3) is 6.45. The van der Waals surface area contributed by atoms with Crippen LogP contribution in [0.4, 0.5) is 13.2 Å². The van der Waals surface area contributed by atoms with Crippen LogP contribution in [0.1, 0.15) is 18.9 Å². The van der Waals surface area contributed by atoms with Gasteiger partial charge in [-0.1, -0.05) is 35.9 Å². The minimum absolute atomic E-state index is 0.203. The first-order chi connectivity index (χ1) is 14.7. The summed E-state index contributed by atoms with van der Waals surface area (Å²) < 4.78 is 45.4. The molecule has 2 aromatic carbocycles. The van der Waals surface area contributed by atoms with Crippen molar-refractivity contribution in [2.45, 2.75) is 31.7 Å². The van der Waals surface area contributed by atoms with Crippen LogP contribution in [0.5, 0.6) is 0 Å². The third-order valence-electron chi connectivity index (χ3n) is 5.29. The number of nitrogens with two attached hydrogens (primary N) is 1. The summed E-state index contributed by atoms with van der Waals surface area (Å²) in [7, 11) is 0. The van der Waals surface area contributed by atoms with Gasteiger partial charge in [-0.2, -0.15) is 0 Å². The molecular formula is C23H26ClF3N2O2. The summed E-state index contributed by atoms with van der Waals surface area (Å²) in [6.07, 6.45) is 0.815. The van der Waals surface area contributed by atoms with E-state index in [1.165, 1.54) is 12.1 Å². The van der Waals surface area contributed by atoms with Gasteiger partial charge in [0.05, 0.1) is 25.6 Å². The van der Waals surface area contributed by atoms with E-state index < -0.39 is 17.8 Å². The van der Waals surface area contributed by atoms with E-state index in [-0.39, 0.29) is 38.1 Å². The average Bonchev–Trinajstić information content (AvgIpc) is 2.68. The molecule has 0 aliphatic carbocycles. The number of carbonyl (C=O) groups is 1. The summed E-state index contributed by atoms with van der Waals surface area (Å²) in [5, 5.41) is 0.451. The quantitative estimate of drug-likeness (QED) is 0.565. The van der Waals surface area contributed by atoms with Crippen molar-refractivity contribution in [3.8, 4) is 11.1 Å². The average molecular weight is 455 g/mol. The van der Waals surface area contributed by atoms with E-state index in [1.54, 1.807) is 30.0 Å². The Bertz CT molecular complexity index is 900. The Morgan fingerprint density at radius 1 is 1.23 bits per heavy atom. The summed E-state index contributed by atoms with van der Waals surface area (Å²) in [6.45, 7) is 1.44. The molecule has 0 bridgehead atoms. The lowest BCUT2D eigenvalue weighted by Gasteiger charge is -2.40. The van der Waals surface area contributed by atoms with Gasteiger partial charge in [0.15, 0.2) is 0 Å². The van der Waals surface area contributed by atoms with Crippen molar-refractivity contribution in [1.29, 1.82) is 0 Å². The molecule has 1 fully saturated rings. The third-order valence-corrected chi connectivity index (χ3v) is 5.52. The highest BCUT2D eigenvalue weighted by atomic mass is 35.5. The Kier molecular flexibility index (Phi) is 7.62. The number of hydrogen-bond donors (Lipinski definition) is 1. The van der Waals surface area contributed by atoms with Crippen LogP contribution >= 0.6 is 11.6 Å². The monoisotopic (exact) mass is 454 g/mol. The molecule has 2 atom stereocenters. The van der Waals surface area contributed by atoms with Gasteiger partial charge in [-0.25, -0.2) is 13.2 Å². The fraction of sp³-hybridized carbons (Fsp3) is 0.435. The molecule has 1 aliphatic rings. The van der Waals surface area contributed by atoms with E-state index in [0.29, 0.717) is 29.0 Å². The SMILES string of the molecule is CCOC(=O)[C@@H](C[C@H](N)Cc1ccc(-c2cc(Cl)ccc2F)cc1)CN1CC(F)(F)C1. The molecule has 0 aromatic heterocycles. The molecule has 1 aliphatic heterocycles. The van der Waals surface area contributed by atoms with Crippen LogP contribution in [-0.2, 0) is 16.0 Å². The predicted molar refractivity (Wildman–Crippen MR) is 115 cm³/mol. The van der Waals surface area contributed by atoms with E-state index in [1.807, 2.05) is 12.1 Å². The highest BCUT2D eigenvalue weighted by molar-refractivity contribution is 6.30. The Labute approximate surface area is 185 Å². The zero-order valence-electron chi connectivity index (χ0n) is 17.3. The second-order valence-electron chi connectivity index (χ2n) is 8.00. The summed E-state index contributed by atoms with van der Waals surface area (Å²) >= 11 is 5.96. The van der Waals surface area contributed by atoms with Gasteiger partial charge in [0.1, 0.15) is 5.82 Å². The zero-order valence-corrected chi connectivity index (χ0v) is 18.0. The van der Waals surface area contributed by atoms with Crippen LogP contribution in [-0.4, -0.2) is 49.1 Å². The first-order valence-electron chi connectivity index (χ1n) is 10.2. The van der Waals surface area contributed by atoms with Crippen molar-refractivity contribution >= 4 is 17.6 Å². The molecule has 1 heterocycles. The fourth-order valence-corrected chi connectivity index (χ4v) is 4.02. The van der Waals surface area contributed by atoms with Crippen LogP contribution in [0.25, 0.3) is 11.1 Å². The molecule has 4 nitrogen and oxygen atoms in total. The van der Waals surface area contributed by atoms with Crippen LogP contribution in [0.15, 0.2) is 42.5 Å². The van der Waals surface area contributed by atoms with Gasteiger partial charge in [-0.3, -0.25) is 9.69 Å². The van der Waals surface area contributed by atoms with Gasteiger partial charge in [0, 0.05) is 23.2 Å². The lowest BCUT2D eigenvalue weighted by atomic mass is 9.93. The first kappa shape index (κ1) is 23.6. The Morgan fingerprint density at radius 2 is 1.90 bits per heavy atom. The summed E-state index contributed by atoms with van der Waals surface area (Å²) in [5.41, 5.74) is 8.31. The summed E-state index contributed by atoms with van der Waals surface area (Å²) in [6, 6.07) is 11.3. The number of rotatable bonds is 9. The molecular weight excluding hydrogens is 429 g/mol. The van der Waals surface area contributed by atoms with Gasteiger partial charge in [-0.05, 0) is 49.1 Å². The summed E-state index contributed by atoms with van der Waals surface area (Å²) in [5.74, 6) is -4.03. The number of likely N-dealkylation sites (tertiary alicyclic amines) is 1. The molecule has 2 N–H and O–H groups in total. The molecule has 8 heteroatoms. The van der Waals surface area contributed by atoms with Gasteiger partial charge >= 0.3 is 5.97 Å². The van der Waals surface area contributed by atoms with Crippen LogP contribution in [0, 0.1) is 11.7 Å². The maximum Gasteiger partial charge on any atom is 0.310 e. The molecule has 2 aromatic rings. The number of ether oxygens (including phenoxy) is 1. The molecule has 0 amide bonds. The smallest absolute Gasteiger partial charge is 0.310 e. The lowest BCUT2D eigenvalue weighted by Crippen LogP contribution is -2.58. The maximum atomic E-state index is 14.1. The number of benzene rings is 2. The predicted octanol–water partition coefficient (Wildman–Crippen LogP) is 4.54. The zero-order chi connectivity index (χ0) is 22.6. The number of esters is 1. The first-order valence-corrected chi connectivity index (χ1v) is 10.6. The molecule has 0 radical (unpaired) electrons. The molecule has 0 saturated carbocycles. The Hall–Kier alpha value is -2.09. The van der Waals surface area contributed by atoms with Gasteiger partial charge < -0.3 is 10.5 Å². The normalized spacial score (nSPS) is 17.6. The van der Waals surface area contributed by atoms with Crippen LogP contribution in [0.3, 0.4) is 0 Å². The highest BCUT2D eigenvalue weighted by Gasteiger charge is 2.45. The molecule has 0 unspecified atom stereocenters. The standard InChI is InChI=1S/C23H26ClF3N2O2/c1-2-31-22(30)17(12-29-13-23(26,27)14-29)10-19(28)9-15-3-5-16(6-4-15)20-11-18(24)7-8-21(20)25/h3-8,11,17,19H,2,9-10,12-14,28H2,1H3/t17-,19+/m0/s1. The van der Waals surface area contributed by atoms with Crippen molar-refractivity contribution in [2.24, 2.45) is 11.7 Å². The van der Waals surface area contributed by atoms with E-state index in [4.69, 9.17) is 22.1 Å². The number of carbonyl (C=O) groups excluding carboxylic acids is 1. The van der Waals surface area contributed by atoms with E-state index >= 15 is 0 Å². The fourth-order valence-electron chi connectivity index (χ4n) is 3.84. The van der Waals surface area contributed by atoms with Crippen LogP contribution in [0.2, 0.25) is 5.02 Å². The second-order valence-corrected chi connectivity index (χ2v) is 8.43. The van der Waals surface area contributed by atoms with E-state index in [2.05, 4.69) is 0 Å². The Balaban J connectivity index is 1.61. The molecule has 31 heavy (non-hydrogen) atoms. The van der Waals surface area contributed by atoms with E-state index in [9.17, 15) is 18.0 Å². The van der Waals surface area contributed by atoms with Crippen molar-refractivity contribution in [1.82, 2.24) is 4.90 Å². The highest BCUT2D eigenvalue weighted by Crippen LogP contribution is 2.29. The van der Waals surface area contributed by atoms with Gasteiger partial charge in [0.2, 0.25) is 0 Å². The Morgan fingerprint density at radius 3 is 2.52 bits per heavy atom. The van der Waals surface area contributed by atoms with Crippen molar-refractivity contribution in [2.75, 3.05) is 26.2 Å². The minimum atomic E-state index is -2.69. The largest absolute Gasteiger partial charge is 0.466 e. The number of alkyl halides is 2. The molecule has 168 valence electrons. The second kappa shape index (κ2) is 10.0. The number of hydrogen-bond acceptors (Lipinski definition) is 4. The number of halogens is 4. The van der Waals surface area contributed by atoms with Crippen molar-refractivity contribution in [3.05, 3.63) is 58.9 Å². The maximum absolute atomic E-state index is 14.1. The molecule has 3 rings (SSSR count). The molecule has 1 saturated heterocycles. The topological polar surface area (TPSA) is 55.6 Å². The van der Waals surface area contributed by atoms with Crippen molar-refractivity contribution in [3.63, 3.8) is 0 Å². The van der Waals surface area contributed by atoms with Crippen LogP contribution < -0.4 is 5.73 Å².